The van der Waals surface area contributed by atoms with Crippen molar-refractivity contribution in [2.24, 2.45) is 0 Å². The van der Waals surface area contributed by atoms with Crippen LogP contribution < -0.4 is 5.32 Å². The van der Waals surface area contributed by atoms with Crippen LogP contribution in [0, 0.1) is 0 Å². The summed E-state index contributed by atoms with van der Waals surface area (Å²) in [5.41, 5.74) is 2.32. The van der Waals surface area contributed by atoms with Gasteiger partial charge in [-0.15, -0.1) is 0 Å². The summed E-state index contributed by atoms with van der Waals surface area (Å²) in [6, 6.07) is 5.90. The number of nitrogens with zero attached hydrogens (tertiary/aromatic N) is 1. The highest BCUT2D eigenvalue weighted by atomic mass is 35.5. The van der Waals surface area contributed by atoms with Crippen LogP contribution in [0.15, 0.2) is 18.2 Å². The van der Waals surface area contributed by atoms with E-state index in [1.54, 1.807) is 0 Å². The number of benzene rings is 1. The van der Waals surface area contributed by atoms with Gasteiger partial charge in [0.05, 0.1) is 5.92 Å². The summed E-state index contributed by atoms with van der Waals surface area (Å²) in [7, 11) is 0. The lowest BCUT2D eigenvalue weighted by Gasteiger charge is -2.30. The molecule has 0 aromatic heterocycles. The second-order valence-electron chi connectivity index (χ2n) is 5.77. The van der Waals surface area contributed by atoms with Gasteiger partial charge in [0.1, 0.15) is 0 Å². The first-order valence-electron chi connectivity index (χ1n) is 7.53. The number of nitrogens with one attached hydrogen (secondary N) is 1. The number of hydrogen-bond donors (Lipinski definition) is 1. The van der Waals surface area contributed by atoms with Gasteiger partial charge in [0.2, 0.25) is 5.91 Å². The van der Waals surface area contributed by atoms with E-state index in [0.29, 0.717) is 0 Å². The lowest BCUT2D eigenvalue weighted by Crippen LogP contribution is -2.42. The van der Waals surface area contributed by atoms with Gasteiger partial charge in [-0.2, -0.15) is 0 Å². The molecule has 1 aromatic carbocycles. The van der Waals surface area contributed by atoms with Crippen LogP contribution >= 0.6 is 11.6 Å². The topological polar surface area (TPSA) is 32.3 Å². The van der Waals surface area contributed by atoms with E-state index in [9.17, 15) is 4.79 Å². The third-order valence-corrected chi connectivity index (χ3v) is 4.60. The second kappa shape index (κ2) is 6.15. The number of carbonyl (C=O) groups is 1. The van der Waals surface area contributed by atoms with Crippen LogP contribution in [0.1, 0.15) is 42.7 Å². The average molecular weight is 293 g/mol. The summed E-state index contributed by atoms with van der Waals surface area (Å²) in [6.07, 6.45) is 4.77. The van der Waals surface area contributed by atoms with Gasteiger partial charge >= 0.3 is 0 Å². The van der Waals surface area contributed by atoms with Crippen LogP contribution in [-0.4, -0.2) is 30.4 Å². The number of halogens is 1. The highest BCUT2D eigenvalue weighted by Crippen LogP contribution is 2.28. The molecule has 0 saturated carbocycles. The molecule has 0 radical (unpaired) electrons. The first-order valence-corrected chi connectivity index (χ1v) is 7.91. The molecule has 2 heterocycles. The van der Waals surface area contributed by atoms with Crippen LogP contribution in [0.25, 0.3) is 0 Å². The summed E-state index contributed by atoms with van der Waals surface area (Å²) in [4.78, 5) is 14.9. The van der Waals surface area contributed by atoms with E-state index in [1.165, 1.54) is 12.8 Å². The van der Waals surface area contributed by atoms with Crippen molar-refractivity contribution in [2.45, 2.75) is 38.1 Å². The maximum atomic E-state index is 12.8. The van der Waals surface area contributed by atoms with Crippen LogP contribution in [0.4, 0.5) is 0 Å². The smallest absolute Gasteiger partial charge is 0.231 e. The Morgan fingerprint density at radius 3 is 2.70 bits per heavy atom. The van der Waals surface area contributed by atoms with Crippen LogP contribution in [0.5, 0.6) is 0 Å². The van der Waals surface area contributed by atoms with Crippen molar-refractivity contribution in [3.05, 3.63) is 34.3 Å². The maximum Gasteiger partial charge on any atom is 0.231 e. The third kappa shape index (κ3) is 2.84. The summed E-state index contributed by atoms with van der Waals surface area (Å²) in [6.45, 7) is 3.38. The Morgan fingerprint density at radius 2 is 1.95 bits per heavy atom. The molecule has 0 aliphatic carbocycles. The molecule has 2 aliphatic rings. The Bertz CT molecular complexity index is 495. The Balaban J connectivity index is 1.82. The Morgan fingerprint density at radius 1 is 1.20 bits per heavy atom. The fraction of sp³-hybridized carbons (Fsp3) is 0.562. The number of hydrogen-bond acceptors (Lipinski definition) is 2. The minimum atomic E-state index is -0.0471. The van der Waals surface area contributed by atoms with E-state index in [0.717, 1.165) is 55.2 Å². The molecule has 1 N–H and O–H groups in total. The lowest BCUT2D eigenvalue weighted by atomic mass is 9.89. The maximum absolute atomic E-state index is 12.8. The molecule has 2 aliphatic heterocycles. The van der Waals surface area contributed by atoms with Crippen molar-refractivity contribution < 1.29 is 4.79 Å². The van der Waals surface area contributed by atoms with Crippen molar-refractivity contribution in [3.63, 3.8) is 0 Å². The van der Waals surface area contributed by atoms with E-state index in [-0.39, 0.29) is 11.8 Å². The van der Waals surface area contributed by atoms with E-state index in [2.05, 4.69) is 10.2 Å². The number of fused-ring (bicyclic) bond motifs is 1. The molecule has 0 bridgehead atoms. The molecular weight excluding hydrogens is 272 g/mol. The van der Waals surface area contributed by atoms with Crippen LogP contribution in [0.3, 0.4) is 0 Å². The Hall–Kier alpha value is -1.06. The van der Waals surface area contributed by atoms with Crippen LogP contribution in [-0.2, 0) is 11.3 Å². The van der Waals surface area contributed by atoms with Crippen molar-refractivity contribution in [1.29, 1.82) is 0 Å². The standard InChI is InChI=1S/C16H21ClN2O/c17-13-5-6-14-12(9-13)10-18-11-15(14)16(20)19-7-3-1-2-4-8-19/h5-6,9,15,18H,1-4,7-8,10-11H2. The highest BCUT2D eigenvalue weighted by molar-refractivity contribution is 6.30. The minimum Gasteiger partial charge on any atom is -0.342 e. The zero-order valence-electron chi connectivity index (χ0n) is 11.7. The number of amides is 1. The Kier molecular flexibility index (Phi) is 4.27. The average Bonchev–Trinajstić information content (AvgIpc) is 2.74. The zero-order chi connectivity index (χ0) is 13.9. The fourth-order valence-corrected chi connectivity index (χ4v) is 3.45. The molecular formula is C16H21ClN2O. The molecule has 3 nitrogen and oxygen atoms in total. The predicted octanol–water partition coefficient (Wildman–Crippen LogP) is 2.93. The summed E-state index contributed by atoms with van der Waals surface area (Å²) in [5, 5.41) is 4.09. The monoisotopic (exact) mass is 292 g/mol. The van der Waals surface area contributed by atoms with Gasteiger partial charge in [-0.1, -0.05) is 30.5 Å². The van der Waals surface area contributed by atoms with Gasteiger partial charge in [0.25, 0.3) is 0 Å². The molecule has 1 unspecified atom stereocenters. The molecule has 0 spiro atoms. The predicted molar refractivity (Wildman–Crippen MR) is 80.9 cm³/mol. The summed E-state index contributed by atoms with van der Waals surface area (Å²) >= 11 is 6.05. The second-order valence-corrected chi connectivity index (χ2v) is 6.20. The molecule has 1 fully saturated rings. The SMILES string of the molecule is O=C(C1CNCc2cc(Cl)ccc21)N1CCCCCC1. The van der Waals surface area contributed by atoms with Gasteiger partial charge in [-0.25, -0.2) is 0 Å². The fourth-order valence-electron chi connectivity index (χ4n) is 3.26. The van der Waals surface area contributed by atoms with Gasteiger partial charge in [-0.05, 0) is 36.1 Å². The minimum absolute atomic E-state index is 0.0471. The quantitative estimate of drug-likeness (QED) is 0.863. The molecule has 1 saturated heterocycles. The number of rotatable bonds is 1. The number of carbonyl (C=O) groups excluding carboxylic acids is 1. The molecule has 1 atom stereocenters. The van der Waals surface area contributed by atoms with Crippen molar-refractivity contribution in [1.82, 2.24) is 10.2 Å². The molecule has 1 amide bonds. The highest BCUT2D eigenvalue weighted by Gasteiger charge is 2.30. The van der Waals surface area contributed by atoms with E-state index in [1.807, 2.05) is 18.2 Å². The van der Waals surface area contributed by atoms with Gasteiger partial charge < -0.3 is 10.2 Å². The normalized spacial score (nSPS) is 23.1. The molecule has 4 heteroatoms. The molecule has 1 aromatic rings. The largest absolute Gasteiger partial charge is 0.342 e. The molecule has 108 valence electrons. The summed E-state index contributed by atoms with van der Waals surface area (Å²) < 4.78 is 0. The van der Waals surface area contributed by atoms with Gasteiger partial charge in [0, 0.05) is 31.2 Å². The summed E-state index contributed by atoms with van der Waals surface area (Å²) in [5.74, 6) is 0.233. The van der Waals surface area contributed by atoms with E-state index < -0.39 is 0 Å². The number of likely N-dealkylation sites (tertiary alicyclic amines) is 1. The zero-order valence-corrected chi connectivity index (χ0v) is 12.5. The lowest BCUT2D eigenvalue weighted by molar-refractivity contribution is -0.132. The van der Waals surface area contributed by atoms with Crippen molar-refractivity contribution in [3.8, 4) is 0 Å². The van der Waals surface area contributed by atoms with Crippen molar-refractivity contribution in [2.75, 3.05) is 19.6 Å². The van der Waals surface area contributed by atoms with E-state index in [4.69, 9.17) is 11.6 Å². The first kappa shape index (κ1) is 13.9. The van der Waals surface area contributed by atoms with Crippen LogP contribution in [0.2, 0.25) is 5.02 Å². The van der Waals surface area contributed by atoms with Gasteiger partial charge in [0.15, 0.2) is 0 Å². The van der Waals surface area contributed by atoms with Crippen molar-refractivity contribution >= 4 is 17.5 Å². The van der Waals surface area contributed by atoms with E-state index >= 15 is 0 Å². The first-order chi connectivity index (χ1) is 9.75. The molecule has 3 rings (SSSR count). The van der Waals surface area contributed by atoms with Gasteiger partial charge in [-0.3, -0.25) is 4.79 Å². The molecule has 20 heavy (non-hydrogen) atoms. The third-order valence-electron chi connectivity index (χ3n) is 4.36. The Labute approximate surface area is 125 Å².